The number of unbranched alkanes of at least 4 members (excludes halogenated alkanes) is 18. The van der Waals surface area contributed by atoms with Crippen molar-refractivity contribution in [2.24, 2.45) is 11.8 Å². The summed E-state index contributed by atoms with van der Waals surface area (Å²) in [6.07, 6.45) is 8.71. The summed E-state index contributed by atoms with van der Waals surface area (Å²) in [5, 5.41) is 78.7. The number of aliphatic hydroxyl groups is 7. The molecule has 0 radical (unpaired) electrons. The van der Waals surface area contributed by atoms with E-state index in [-0.39, 0.29) is 19.3 Å². The molecule has 0 aromatic carbocycles. The predicted molar refractivity (Wildman–Crippen MR) is 250 cm³/mol. The lowest BCUT2D eigenvalue weighted by Gasteiger charge is -2.36. The van der Waals surface area contributed by atoms with Crippen LogP contribution in [0.3, 0.4) is 0 Å². The van der Waals surface area contributed by atoms with Crippen LogP contribution in [-0.2, 0) is 37.5 Å². The molecule has 0 spiro atoms. The first kappa shape index (κ1) is 60.3. The largest absolute Gasteiger partial charge is 0.472 e. The Morgan fingerprint density at radius 1 is 0.697 bits per heavy atom. The van der Waals surface area contributed by atoms with E-state index in [4.69, 9.17) is 18.5 Å². The van der Waals surface area contributed by atoms with Crippen LogP contribution >= 0.6 is 7.82 Å². The Morgan fingerprint density at radius 3 is 1.82 bits per heavy atom. The van der Waals surface area contributed by atoms with Crippen LogP contribution in [0.1, 0.15) is 200 Å². The molecule has 1 unspecified atom stereocenters. The van der Waals surface area contributed by atoms with Gasteiger partial charge < -0.3 is 50.1 Å². The number of ketones is 1. The zero-order valence-electron chi connectivity index (χ0n) is 40.2. The van der Waals surface area contributed by atoms with Crippen LogP contribution in [0, 0.1) is 11.8 Å². The molecule has 17 heteroatoms. The van der Waals surface area contributed by atoms with Crippen LogP contribution < -0.4 is 0 Å². The summed E-state index contributed by atoms with van der Waals surface area (Å²) in [4.78, 5) is 50.2. The van der Waals surface area contributed by atoms with Crippen molar-refractivity contribution >= 4 is 25.5 Å². The van der Waals surface area contributed by atoms with Gasteiger partial charge in [-0.15, -0.1) is 0 Å². The third-order valence-corrected chi connectivity index (χ3v) is 14.0. The van der Waals surface area contributed by atoms with Crippen molar-refractivity contribution in [3.63, 3.8) is 0 Å². The highest BCUT2D eigenvalue weighted by Crippen LogP contribution is 2.47. The maximum absolute atomic E-state index is 13.7. The molecule has 2 aliphatic rings. The molecule has 0 aromatic heterocycles. The zero-order chi connectivity index (χ0) is 48.7. The first-order chi connectivity index (χ1) is 31.6. The van der Waals surface area contributed by atoms with Gasteiger partial charge in [0.15, 0.2) is 6.10 Å². The monoisotopic (exact) mass is 965 g/mol. The van der Waals surface area contributed by atoms with Crippen molar-refractivity contribution < 1.29 is 78.1 Å². The molecule has 1 aliphatic heterocycles. The van der Waals surface area contributed by atoms with Crippen molar-refractivity contribution in [1.29, 1.82) is 0 Å². The molecule has 386 valence electrons. The first-order valence-electron chi connectivity index (χ1n) is 25.6. The van der Waals surface area contributed by atoms with E-state index < -0.39 is 112 Å². The van der Waals surface area contributed by atoms with E-state index in [9.17, 15) is 59.6 Å². The molecule has 12 atom stereocenters. The van der Waals surface area contributed by atoms with Gasteiger partial charge in [-0.05, 0) is 25.7 Å². The van der Waals surface area contributed by atoms with E-state index in [2.05, 4.69) is 6.92 Å². The second kappa shape index (κ2) is 35.3. The Hall–Kier alpha value is -1.82. The van der Waals surface area contributed by atoms with Gasteiger partial charge in [-0.25, -0.2) is 4.57 Å². The van der Waals surface area contributed by atoms with Crippen molar-refractivity contribution in [2.75, 3.05) is 13.2 Å². The SMILES string of the molecule is CCCCCCCCCCCCCCCCCCCC(=O)O[C@@H]1COC(=O)CCCCCC[C@H]2C(=O)C[C@@H](O)[C@H](/C=C/[C@@H](O)CCCCC)[C@@H](O)[C@@H](O)[C@@H](OP(=O)(O)OC1)[C@H](O)[C@@H](O)[C@@H]2O. The maximum Gasteiger partial charge on any atom is 0.472 e. The van der Waals surface area contributed by atoms with Gasteiger partial charge in [0.2, 0.25) is 0 Å². The number of carbonyl (C=O) groups excluding carboxylic acids is 3. The average molecular weight is 965 g/mol. The lowest BCUT2D eigenvalue weighted by molar-refractivity contribution is -0.166. The van der Waals surface area contributed by atoms with Crippen molar-refractivity contribution in [3.05, 3.63) is 12.2 Å². The third kappa shape index (κ3) is 25.2. The predicted octanol–water partition coefficient (Wildman–Crippen LogP) is 7.21. The number of ether oxygens (including phenoxy) is 2. The fraction of sp³-hybridized carbons (Fsp3) is 0.898. The van der Waals surface area contributed by atoms with E-state index in [0.29, 0.717) is 44.9 Å². The average Bonchev–Trinajstić information content (AvgIpc) is 3.28. The minimum Gasteiger partial charge on any atom is -0.462 e. The summed E-state index contributed by atoms with van der Waals surface area (Å²) in [6.45, 7) is 2.85. The highest BCUT2D eigenvalue weighted by Gasteiger charge is 2.49. The number of phosphoric acid groups is 1. The molecule has 0 aromatic rings. The number of aliphatic hydroxyl groups excluding tert-OH is 7. The molecule has 1 heterocycles. The number of esters is 2. The van der Waals surface area contributed by atoms with Crippen LogP contribution in [-0.4, -0.2) is 127 Å². The molecule has 2 fully saturated rings. The second-order valence-electron chi connectivity index (χ2n) is 18.8. The highest BCUT2D eigenvalue weighted by atomic mass is 31.2. The molecule has 1 saturated carbocycles. The van der Waals surface area contributed by atoms with Crippen LogP contribution in [0.15, 0.2) is 12.2 Å². The molecule has 1 aliphatic carbocycles. The maximum atomic E-state index is 13.7. The van der Waals surface area contributed by atoms with Crippen LogP contribution in [0.2, 0.25) is 0 Å². The summed E-state index contributed by atoms with van der Waals surface area (Å²) in [5.41, 5.74) is 0. The van der Waals surface area contributed by atoms with Gasteiger partial charge in [-0.3, -0.25) is 23.4 Å². The molecule has 0 amide bonds. The summed E-state index contributed by atoms with van der Waals surface area (Å²) in [5.74, 6) is -4.87. The molecule has 2 rings (SSSR count). The van der Waals surface area contributed by atoms with Crippen LogP contribution in [0.25, 0.3) is 0 Å². The Bertz CT molecular complexity index is 1380. The summed E-state index contributed by atoms with van der Waals surface area (Å²) in [6, 6.07) is 0. The third-order valence-electron chi connectivity index (χ3n) is 13.0. The minimum atomic E-state index is -5.45. The number of hydrogen-bond donors (Lipinski definition) is 8. The zero-order valence-corrected chi connectivity index (χ0v) is 41.1. The number of hydrogen-bond acceptors (Lipinski definition) is 15. The van der Waals surface area contributed by atoms with Gasteiger partial charge in [0.1, 0.15) is 36.8 Å². The summed E-state index contributed by atoms with van der Waals surface area (Å²) < 4.78 is 34.8. The number of cyclic esters (lactones) is 1. The fourth-order valence-corrected chi connectivity index (χ4v) is 9.76. The van der Waals surface area contributed by atoms with Crippen LogP contribution in [0.5, 0.6) is 0 Å². The smallest absolute Gasteiger partial charge is 0.462 e. The van der Waals surface area contributed by atoms with E-state index in [1.807, 2.05) is 6.92 Å². The van der Waals surface area contributed by atoms with Gasteiger partial charge >= 0.3 is 19.8 Å². The molecular formula is C49H89O16P. The molecule has 16 nitrogen and oxygen atoms in total. The quantitative estimate of drug-likeness (QED) is 0.0194. The number of Topliss-reactive ketones (excluding diaryl/α,β-unsaturated/α-hetero) is 1. The van der Waals surface area contributed by atoms with Gasteiger partial charge in [0, 0.05) is 31.1 Å². The number of rotatable bonds is 25. The summed E-state index contributed by atoms with van der Waals surface area (Å²) in [7, 11) is -5.45. The topological polar surface area (TPSA) is 267 Å². The van der Waals surface area contributed by atoms with E-state index in [1.165, 1.54) is 89.2 Å². The Morgan fingerprint density at radius 2 is 1.23 bits per heavy atom. The molecule has 2 bridgehead atoms. The van der Waals surface area contributed by atoms with Crippen molar-refractivity contribution in [3.8, 4) is 0 Å². The molecule has 8 N–H and O–H groups in total. The van der Waals surface area contributed by atoms with Crippen molar-refractivity contribution in [2.45, 2.75) is 255 Å². The first-order valence-corrected chi connectivity index (χ1v) is 27.1. The number of fused-ring (bicyclic) bond motifs is 4. The van der Waals surface area contributed by atoms with E-state index in [0.717, 1.165) is 38.5 Å². The fourth-order valence-electron chi connectivity index (χ4n) is 8.79. The summed E-state index contributed by atoms with van der Waals surface area (Å²) >= 11 is 0. The normalized spacial score (nSPS) is 30.9. The highest BCUT2D eigenvalue weighted by molar-refractivity contribution is 7.47. The van der Waals surface area contributed by atoms with E-state index >= 15 is 0 Å². The minimum absolute atomic E-state index is 0.00539. The number of carbonyl (C=O) groups is 3. The van der Waals surface area contributed by atoms with Gasteiger partial charge in [0.05, 0.1) is 31.0 Å². The lowest BCUT2D eigenvalue weighted by atomic mass is 9.83. The van der Waals surface area contributed by atoms with Crippen molar-refractivity contribution in [1.82, 2.24) is 0 Å². The second-order valence-corrected chi connectivity index (χ2v) is 20.2. The van der Waals surface area contributed by atoms with Gasteiger partial charge in [-0.2, -0.15) is 0 Å². The van der Waals surface area contributed by atoms with Crippen LogP contribution in [0.4, 0.5) is 0 Å². The standard InChI is InChI=1S/C49H89O16P/c1-3-5-7-8-9-10-11-12-13-14-15-16-17-18-19-20-26-30-43(54)64-37-34-62-42(53)29-25-22-21-24-28-38-40(51)33-41(52)39(32-31-36(50)27-23-6-4-2)45(56)47(58)49(48(59)46(57)44(38)55)65-66(60,61)63-35-37/h31-32,36-39,41,44-50,52,55-59H,3-30,33-35H2,1-2H3,(H,60,61)/b32-31+/t36-,37+,38-,39-,41+,44+,45+,46-,47+,48+,49+/m0/s1. The number of phosphoric ester groups is 1. The molecule has 66 heavy (non-hydrogen) atoms. The van der Waals surface area contributed by atoms with E-state index in [1.54, 1.807) is 0 Å². The Kier molecular flexibility index (Phi) is 32.3. The Balaban J connectivity index is 2.11. The molecular weight excluding hydrogens is 875 g/mol. The molecule has 1 saturated heterocycles. The lowest BCUT2D eigenvalue weighted by Crippen LogP contribution is -2.55. The van der Waals surface area contributed by atoms with Gasteiger partial charge in [-0.1, -0.05) is 167 Å². The Labute approximate surface area is 394 Å². The van der Waals surface area contributed by atoms with Gasteiger partial charge in [0.25, 0.3) is 0 Å².